The molecule has 0 spiro atoms. The van der Waals surface area contributed by atoms with Crippen molar-refractivity contribution in [2.75, 3.05) is 0 Å². The van der Waals surface area contributed by atoms with Crippen LogP contribution in [-0.2, 0) is 6.42 Å². The number of furan rings is 1. The molecule has 2 aliphatic carbocycles. The number of allylic oxidation sites excluding steroid dienone is 5. The van der Waals surface area contributed by atoms with E-state index in [1.807, 2.05) is 0 Å². The van der Waals surface area contributed by atoms with Gasteiger partial charge in [0.25, 0.3) is 0 Å². The lowest BCUT2D eigenvalue weighted by molar-refractivity contribution is 0.586. The highest BCUT2D eigenvalue weighted by Gasteiger charge is 2.25. The first-order valence-electron chi connectivity index (χ1n) is 17.8. The Morgan fingerprint density at radius 3 is 1.73 bits per heavy atom. The molecular weight excluding hydrogens is 617 g/mol. The Kier molecular flexibility index (Phi) is 6.15. The summed E-state index contributed by atoms with van der Waals surface area (Å²) in [5, 5.41) is 11.2. The van der Waals surface area contributed by atoms with Gasteiger partial charge >= 0.3 is 0 Å². The van der Waals surface area contributed by atoms with Gasteiger partial charge < -0.3 is 4.42 Å². The average molecular weight is 649 g/mol. The number of fused-ring (bicyclic) bond motifs is 8. The van der Waals surface area contributed by atoms with Gasteiger partial charge in [-0.25, -0.2) is 0 Å². The molecule has 1 unspecified atom stereocenters. The van der Waals surface area contributed by atoms with Crippen molar-refractivity contribution in [2.24, 2.45) is 5.92 Å². The van der Waals surface area contributed by atoms with Gasteiger partial charge in [-0.2, -0.15) is 0 Å². The Balaban J connectivity index is 1.17. The molecule has 1 aromatic heterocycles. The quantitative estimate of drug-likeness (QED) is 0.174. The molecule has 238 valence electrons. The molecule has 0 bridgehead atoms. The lowest BCUT2D eigenvalue weighted by Gasteiger charge is -2.20. The fourth-order valence-corrected chi connectivity index (χ4v) is 8.66. The molecule has 1 heteroatoms. The third-order valence-electron chi connectivity index (χ3n) is 11.2. The van der Waals surface area contributed by atoms with E-state index in [1.165, 1.54) is 87.4 Å². The summed E-state index contributed by atoms with van der Waals surface area (Å²) in [7, 11) is 0. The van der Waals surface area contributed by atoms with Crippen molar-refractivity contribution in [3.63, 3.8) is 0 Å². The van der Waals surface area contributed by atoms with Crippen LogP contribution in [0.25, 0.3) is 93.5 Å². The van der Waals surface area contributed by atoms with E-state index < -0.39 is 0 Å². The first-order chi connectivity index (χ1) is 25.2. The second-order valence-corrected chi connectivity index (χ2v) is 14.0. The fourth-order valence-electron chi connectivity index (χ4n) is 8.66. The van der Waals surface area contributed by atoms with Crippen molar-refractivity contribution in [1.29, 1.82) is 0 Å². The van der Waals surface area contributed by atoms with Crippen LogP contribution in [-0.4, -0.2) is 0 Å². The zero-order valence-corrected chi connectivity index (χ0v) is 27.9. The predicted octanol–water partition coefficient (Wildman–Crippen LogP) is 13.7. The van der Waals surface area contributed by atoms with Gasteiger partial charge in [-0.3, -0.25) is 0 Å². The molecule has 0 saturated carbocycles. The largest absolute Gasteiger partial charge is 0.456 e. The Hall–Kier alpha value is -6.44. The molecule has 9 aromatic rings. The summed E-state index contributed by atoms with van der Waals surface area (Å²) in [5.41, 5.74) is 10.9. The molecule has 51 heavy (non-hydrogen) atoms. The molecule has 11 rings (SSSR count). The SMILES string of the molecule is C1=CC2=Cc3oc4cc(-c5ccc6c(-c7ccc8ccccc8c7)c7ccccc7c(-c7ccc8ccccc8c7)c6c5)ccc4c3CC2C=C1. The second-order valence-electron chi connectivity index (χ2n) is 14.0. The van der Waals surface area contributed by atoms with Crippen LogP contribution in [0.3, 0.4) is 0 Å². The molecule has 0 N–H and O–H groups in total. The lowest BCUT2D eigenvalue weighted by atomic mass is 9.83. The molecule has 8 aromatic carbocycles. The van der Waals surface area contributed by atoms with E-state index in [0.717, 1.165) is 23.3 Å². The van der Waals surface area contributed by atoms with Gasteiger partial charge in [0.2, 0.25) is 0 Å². The van der Waals surface area contributed by atoms with Crippen molar-refractivity contribution in [1.82, 2.24) is 0 Å². The standard InChI is InChI=1S/C50H32O/c1-3-11-33-25-39(19-17-31(33)9-1)49-42-15-7-8-16-43(42)50(40-20-18-32-10-2-4-12-34(32)26-40)46-28-37(22-24-44(46)49)38-21-23-41-45-27-35-13-5-6-14-36(35)29-48(45)51-47(41)30-38/h1-26,28-30,35H,27H2. The van der Waals surface area contributed by atoms with E-state index in [-0.39, 0.29) is 0 Å². The Morgan fingerprint density at radius 2 is 1.02 bits per heavy atom. The van der Waals surface area contributed by atoms with Crippen molar-refractivity contribution in [3.05, 3.63) is 187 Å². The normalized spacial score (nSPS) is 15.1. The fraction of sp³-hybridized carbons (Fsp3) is 0.0400. The van der Waals surface area contributed by atoms with Gasteiger partial charge in [0.1, 0.15) is 11.3 Å². The maximum atomic E-state index is 6.56. The summed E-state index contributed by atoms with van der Waals surface area (Å²) in [6, 6.07) is 53.9. The predicted molar refractivity (Wildman–Crippen MR) is 216 cm³/mol. The summed E-state index contributed by atoms with van der Waals surface area (Å²) in [5.74, 6) is 1.42. The molecule has 1 nitrogen and oxygen atoms in total. The van der Waals surface area contributed by atoms with E-state index in [2.05, 4.69) is 176 Å². The summed E-state index contributed by atoms with van der Waals surface area (Å²) in [6.07, 6.45) is 12.0. The molecule has 1 heterocycles. The summed E-state index contributed by atoms with van der Waals surface area (Å²) in [6.45, 7) is 0. The van der Waals surface area contributed by atoms with Gasteiger partial charge in [0.15, 0.2) is 0 Å². The van der Waals surface area contributed by atoms with Crippen molar-refractivity contribution in [2.45, 2.75) is 6.42 Å². The highest BCUT2D eigenvalue weighted by Crippen LogP contribution is 2.46. The van der Waals surface area contributed by atoms with Gasteiger partial charge in [0, 0.05) is 16.9 Å². The van der Waals surface area contributed by atoms with Gasteiger partial charge in [-0.1, -0.05) is 146 Å². The Bertz CT molecular complexity index is 3000. The number of benzene rings is 8. The summed E-state index contributed by atoms with van der Waals surface area (Å²) in [4.78, 5) is 0. The van der Waals surface area contributed by atoms with E-state index in [9.17, 15) is 0 Å². The van der Waals surface area contributed by atoms with Gasteiger partial charge in [0.05, 0.1) is 0 Å². The molecule has 0 aliphatic heterocycles. The Morgan fingerprint density at radius 1 is 0.451 bits per heavy atom. The summed E-state index contributed by atoms with van der Waals surface area (Å²) < 4.78 is 6.56. The van der Waals surface area contributed by atoms with E-state index in [4.69, 9.17) is 4.42 Å². The molecule has 0 saturated heterocycles. The number of hydrogen-bond donors (Lipinski definition) is 0. The zero-order valence-electron chi connectivity index (χ0n) is 27.9. The van der Waals surface area contributed by atoms with Crippen LogP contribution < -0.4 is 0 Å². The minimum absolute atomic E-state index is 0.420. The zero-order chi connectivity index (χ0) is 33.5. The topological polar surface area (TPSA) is 13.1 Å². The molecule has 0 amide bonds. The van der Waals surface area contributed by atoms with E-state index in [0.29, 0.717) is 5.92 Å². The van der Waals surface area contributed by atoms with Crippen LogP contribution in [0.1, 0.15) is 11.3 Å². The molecular formula is C50H32O. The maximum Gasteiger partial charge on any atom is 0.135 e. The second kappa shape index (κ2) is 11.0. The average Bonchev–Trinajstić information content (AvgIpc) is 3.55. The monoisotopic (exact) mass is 648 g/mol. The van der Waals surface area contributed by atoms with Crippen LogP contribution in [0.5, 0.6) is 0 Å². The third kappa shape index (κ3) is 4.48. The minimum atomic E-state index is 0.420. The first kappa shape index (κ1) is 28.4. The van der Waals surface area contributed by atoms with Crippen LogP contribution in [0.2, 0.25) is 0 Å². The van der Waals surface area contributed by atoms with Gasteiger partial charge in [-0.15, -0.1) is 0 Å². The highest BCUT2D eigenvalue weighted by molar-refractivity contribution is 6.22. The number of hydrogen-bond acceptors (Lipinski definition) is 1. The molecule has 0 fully saturated rings. The molecule has 0 radical (unpaired) electrons. The van der Waals surface area contributed by atoms with Gasteiger partial charge in [-0.05, 0) is 119 Å². The van der Waals surface area contributed by atoms with Crippen molar-refractivity contribution in [3.8, 4) is 33.4 Å². The van der Waals surface area contributed by atoms with E-state index >= 15 is 0 Å². The first-order valence-corrected chi connectivity index (χ1v) is 17.8. The lowest BCUT2D eigenvalue weighted by Crippen LogP contribution is -2.10. The van der Waals surface area contributed by atoms with Crippen LogP contribution >= 0.6 is 0 Å². The number of rotatable bonds is 3. The highest BCUT2D eigenvalue weighted by atomic mass is 16.3. The van der Waals surface area contributed by atoms with Crippen molar-refractivity contribution < 1.29 is 4.42 Å². The van der Waals surface area contributed by atoms with Crippen LogP contribution in [0.15, 0.2) is 180 Å². The smallest absolute Gasteiger partial charge is 0.135 e. The molecule has 2 aliphatic rings. The molecule has 1 atom stereocenters. The van der Waals surface area contributed by atoms with E-state index in [1.54, 1.807) is 0 Å². The minimum Gasteiger partial charge on any atom is -0.456 e. The van der Waals surface area contributed by atoms with Crippen LogP contribution in [0.4, 0.5) is 0 Å². The Labute approximate surface area is 296 Å². The maximum absolute atomic E-state index is 6.56. The third-order valence-corrected chi connectivity index (χ3v) is 11.2. The van der Waals surface area contributed by atoms with Crippen LogP contribution in [0, 0.1) is 5.92 Å². The summed E-state index contributed by atoms with van der Waals surface area (Å²) >= 11 is 0. The van der Waals surface area contributed by atoms with Crippen molar-refractivity contribution >= 4 is 60.1 Å².